The molecule has 3 aromatic rings. The fraction of sp³-hybridized carbons (Fsp3) is 0.111. The zero-order valence-corrected chi connectivity index (χ0v) is 14.0. The Morgan fingerprint density at radius 2 is 2.04 bits per heavy atom. The average molecular weight is 339 g/mol. The van der Waals surface area contributed by atoms with Gasteiger partial charge in [0.2, 0.25) is 0 Å². The first kappa shape index (κ1) is 16.0. The number of aryl methyl sites for hydroxylation is 1. The van der Waals surface area contributed by atoms with E-state index in [1.54, 1.807) is 29.7 Å². The highest BCUT2D eigenvalue weighted by Crippen LogP contribution is 2.32. The molecule has 5 nitrogen and oxygen atoms in total. The summed E-state index contributed by atoms with van der Waals surface area (Å²) < 4.78 is 5.87. The summed E-state index contributed by atoms with van der Waals surface area (Å²) in [5.74, 6) is 1.58. The van der Waals surface area contributed by atoms with Gasteiger partial charge in [-0.05, 0) is 37.3 Å². The van der Waals surface area contributed by atoms with Crippen LogP contribution in [0.2, 0.25) is 0 Å². The highest BCUT2D eigenvalue weighted by molar-refractivity contribution is 7.12. The van der Waals surface area contributed by atoms with Crippen molar-refractivity contribution in [3.63, 3.8) is 0 Å². The van der Waals surface area contributed by atoms with Crippen LogP contribution in [-0.4, -0.2) is 10.9 Å². The van der Waals surface area contributed by atoms with Gasteiger partial charge in [0.1, 0.15) is 17.3 Å². The number of amides is 1. The minimum absolute atomic E-state index is 0.227. The number of nitrogens with zero attached hydrogens (tertiary/aromatic N) is 1. The van der Waals surface area contributed by atoms with E-state index in [0.29, 0.717) is 12.1 Å². The molecule has 0 radical (unpaired) electrons. The summed E-state index contributed by atoms with van der Waals surface area (Å²) >= 11 is 1.59. The quantitative estimate of drug-likeness (QED) is 0.742. The molecule has 0 aliphatic heterocycles. The Hall–Kier alpha value is -2.86. The number of thiophene rings is 1. The van der Waals surface area contributed by atoms with Crippen molar-refractivity contribution in [1.29, 1.82) is 0 Å². The number of ether oxygens (including phenoxy) is 1. The molecule has 0 saturated heterocycles. The van der Waals surface area contributed by atoms with Crippen molar-refractivity contribution in [3.05, 3.63) is 70.0 Å². The van der Waals surface area contributed by atoms with E-state index in [1.165, 1.54) is 0 Å². The van der Waals surface area contributed by atoms with Gasteiger partial charge in [0.25, 0.3) is 5.91 Å². The van der Waals surface area contributed by atoms with Gasteiger partial charge in [-0.1, -0.05) is 18.2 Å². The SMILES string of the molecule is Cc1sc(CNC(=O)c2cccnc2N)cc1Oc1ccccc1. The Kier molecular flexibility index (Phi) is 4.77. The molecule has 122 valence electrons. The Morgan fingerprint density at radius 1 is 1.25 bits per heavy atom. The lowest BCUT2D eigenvalue weighted by atomic mass is 10.2. The van der Waals surface area contributed by atoms with E-state index in [9.17, 15) is 4.79 Å². The molecule has 2 aromatic heterocycles. The lowest BCUT2D eigenvalue weighted by Gasteiger charge is -2.05. The molecular weight excluding hydrogens is 322 g/mol. The van der Waals surface area contributed by atoms with Gasteiger partial charge in [-0.25, -0.2) is 4.98 Å². The number of carbonyl (C=O) groups excluding carboxylic acids is 1. The molecule has 0 bridgehead atoms. The fourth-order valence-corrected chi connectivity index (χ4v) is 3.11. The lowest BCUT2D eigenvalue weighted by Crippen LogP contribution is -2.23. The van der Waals surface area contributed by atoms with Gasteiger partial charge in [-0.2, -0.15) is 0 Å². The standard InChI is InChI=1S/C18H17N3O2S/c1-12-16(23-13-6-3-2-4-7-13)10-14(24-12)11-21-18(22)15-8-5-9-20-17(15)19/h2-10H,11H2,1H3,(H2,19,20)(H,21,22). The van der Waals surface area contributed by atoms with Crippen LogP contribution < -0.4 is 15.8 Å². The van der Waals surface area contributed by atoms with E-state index >= 15 is 0 Å². The number of anilines is 1. The predicted octanol–water partition coefficient (Wildman–Crippen LogP) is 3.76. The van der Waals surface area contributed by atoms with E-state index in [0.717, 1.165) is 21.3 Å². The number of carbonyl (C=O) groups is 1. The van der Waals surface area contributed by atoms with Gasteiger partial charge in [0, 0.05) is 16.0 Å². The van der Waals surface area contributed by atoms with Crippen LogP contribution in [0.5, 0.6) is 11.5 Å². The molecule has 2 heterocycles. The molecule has 24 heavy (non-hydrogen) atoms. The summed E-state index contributed by atoms with van der Waals surface area (Å²) in [5.41, 5.74) is 6.10. The zero-order valence-electron chi connectivity index (χ0n) is 13.2. The second kappa shape index (κ2) is 7.14. The van der Waals surface area contributed by atoms with Crippen molar-refractivity contribution in [3.8, 4) is 11.5 Å². The second-order valence-electron chi connectivity index (χ2n) is 5.17. The number of hydrogen-bond donors (Lipinski definition) is 2. The highest BCUT2D eigenvalue weighted by Gasteiger charge is 2.12. The monoisotopic (exact) mass is 339 g/mol. The van der Waals surface area contributed by atoms with Crippen LogP contribution in [0.1, 0.15) is 20.1 Å². The van der Waals surface area contributed by atoms with E-state index in [4.69, 9.17) is 10.5 Å². The van der Waals surface area contributed by atoms with Gasteiger partial charge in [-0.3, -0.25) is 4.79 Å². The van der Waals surface area contributed by atoms with Crippen LogP contribution in [0.4, 0.5) is 5.82 Å². The van der Waals surface area contributed by atoms with Gasteiger partial charge >= 0.3 is 0 Å². The Bertz CT molecular complexity index is 846. The number of nitrogen functional groups attached to an aromatic ring is 1. The number of para-hydroxylation sites is 1. The van der Waals surface area contributed by atoms with Crippen LogP contribution in [0.25, 0.3) is 0 Å². The third kappa shape index (κ3) is 3.72. The van der Waals surface area contributed by atoms with Crippen LogP contribution >= 0.6 is 11.3 Å². The van der Waals surface area contributed by atoms with E-state index < -0.39 is 0 Å². The van der Waals surface area contributed by atoms with E-state index in [1.807, 2.05) is 43.3 Å². The number of nitrogens with one attached hydrogen (secondary N) is 1. The number of pyridine rings is 1. The predicted molar refractivity (Wildman–Crippen MR) is 95.4 cm³/mol. The lowest BCUT2D eigenvalue weighted by molar-refractivity contribution is 0.0952. The van der Waals surface area contributed by atoms with E-state index in [-0.39, 0.29) is 11.7 Å². The van der Waals surface area contributed by atoms with Gasteiger partial charge in [0.05, 0.1) is 12.1 Å². The zero-order chi connectivity index (χ0) is 16.9. The summed E-state index contributed by atoms with van der Waals surface area (Å²) in [6, 6.07) is 14.9. The van der Waals surface area contributed by atoms with Crippen LogP contribution in [0, 0.1) is 6.92 Å². The first-order chi connectivity index (χ1) is 11.6. The summed E-state index contributed by atoms with van der Waals surface area (Å²) in [6.45, 7) is 2.41. The molecule has 0 atom stereocenters. The summed E-state index contributed by atoms with van der Waals surface area (Å²) in [6.07, 6.45) is 1.56. The Balaban J connectivity index is 1.65. The van der Waals surface area contributed by atoms with Crippen LogP contribution in [0.15, 0.2) is 54.7 Å². The maximum absolute atomic E-state index is 12.2. The number of benzene rings is 1. The summed E-state index contributed by atoms with van der Waals surface area (Å²) in [5, 5.41) is 2.86. The molecule has 6 heteroatoms. The molecule has 3 rings (SSSR count). The van der Waals surface area contributed by atoms with Crippen molar-refractivity contribution < 1.29 is 9.53 Å². The van der Waals surface area contributed by atoms with Gasteiger partial charge in [-0.15, -0.1) is 11.3 Å². The highest BCUT2D eigenvalue weighted by atomic mass is 32.1. The first-order valence-corrected chi connectivity index (χ1v) is 8.26. The maximum atomic E-state index is 12.2. The molecule has 3 N–H and O–H groups in total. The first-order valence-electron chi connectivity index (χ1n) is 7.44. The minimum Gasteiger partial charge on any atom is -0.456 e. The number of nitrogens with two attached hydrogens (primary N) is 1. The average Bonchev–Trinajstić information content (AvgIpc) is 2.94. The summed E-state index contributed by atoms with van der Waals surface area (Å²) in [7, 11) is 0. The molecule has 0 unspecified atom stereocenters. The number of hydrogen-bond acceptors (Lipinski definition) is 5. The normalized spacial score (nSPS) is 10.4. The van der Waals surface area contributed by atoms with E-state index in [2.05, 4.69) is 10.3 Å². The molecular formula is C18H17N3O2S. The van der Waals surface area contributed by atoms with Crippen molar-refractivity contribution in [2.24, 2.45) is 0 Å². The largest absolute Gasteiger partial charge is 0.456 e. The minimum atomic E-state index is -0.239. The Labute approximate surface area is 144 Å². The van der Waals surface area contributed by atoms with Gasteiger partial charge < -0.3 is 15.8 Å². The van der Waals surface area contributed by atoms with Gasteiger partial charge in [0.15, 0.2) is 0 Å². The third-order valence-corrected chi connectivity index (χ3v) is 4.43. The second-order valence-corrected chi connectivity index (χ2v) is 6.51. The molecule has 1 amide bonds. The topological polar surface area (TPSA) is 77.2 Å². The molecule has 0 aliphatic rings. The number of rotatable bonds is 5. The summed E-state index contributed by atoms with van der Waals surface area (Å²) in [4.78, 5) is 18.2. The molecule has 0 spiro atoms. The number of aromatic nitrogens is 1. The fourth-order valence-electron chi connectivity index (χ4n) is 2.20. The molecule has 0 aliphatic carbocycles. The Morgan fingerprint density at radius 3 is 2.79 bits per heavy atom. The van der Waals surface area contributed by atoms with Crippen molar-refractivity contribution in [1.82, 2.24) is 10.3 Å². The molecule has 1 aromatic carbocycles. The van der Waals surface area contributed by atoms with Crippen LogP contribution in [-0.2, 0) is 6.54 Å². The van der Waals surface area contributed by atoms with Crippen molar-refractivity contribution in [2.45, 2.75) is 13.5 Å². The molecule has 0 fully saturated rings. The molecule has 0 saturated carbocycles. The maximum Gasteiger partial charge on any atom is 0.255 e. The van der Waals surface area contributed by atoms with Crippen LogP contribution in [0.3, 0.4) is 0 Å². The third-order valence-electron chi connectivity index (χ3n) is 3.40. The smallest absolute Gasteiger partial charge is 0.255 e. The van der Waals surface area contributed by atoms with Crippen molar-refractivity contribution >= 4 is 23.1 Å². The van der Waals surface area contributed by atoms with Crippen molar-refractivity contribution in [2.75, 3.05) is 5.73 Å².